The van der Waals surface area contributed by atoms with E-state index >= 15 is 0 Å². The average molecular weight is 353 g/mol. The number of aliphatic imine (C=N–C) groups is 1. The molecule has 1 unspecified atom stereocenters. The molecule has 2 N–H and O–H groups in total. The molecule has 2 heterocycles. The van der Waals surface area contributed by atoms with Gasteiger partial charge in [-0.3, -0.25) is 4.99 Å². The number of hydrogen-bond acceptors (Lipinski definition) is 6. The summed E-state index contributed by atoms with van der Waals surface area (Å²) in [7, 11) is 1.76. The first-order valence-corrected chi connectivity index (χ1v) is 9.11. The van der Waals surface area contributed by atoms with Crippen molar-refractivity contribution in [1.29, 1.82) is 0 Å². The van der Waals surface area contributed by atoms with E-state index in [1.165, 1.54) is 0 Å². The number of nitrogens with zero attached hydrogens (tertiary/aromatic N) is 3. The molecule has 8 nitrogen and oxygen atoms in total. The quantitative estimate of drug-likeness (QED) is 0.372. The highest BCUT2D eigenvalue weighted by molar-refractivity contribution is 5.79. The van der Waals surface area contributed by atoms with Crippen molar-refractivity contribution in [3.05, 3.63) is 11.7 Å². The minimum atomic E-state index is 0.281. The first kappa shape index (κ1) is 19.7. The Bertz CT molecular complexity index is 512. The summed E-state index contributed by atoms with van der Waals surface area (Å²) in [4.78, 5) is 8.56. The molecule has 25 heavy (non-hydrogen) atoms. The van der Waals surface area contributed by atoms with Crippen LogP contribution in [0.3, 0.4) is 0 Å². The molecule has 1 aromatic heterocycles. The third kappa shape index (κ3) is 7.39. The Balaban J connectivity index is 1.51. The van der Waals surface area contributed by atoms with E-state index < -0.39 is 0 Å². The third-order valence-corrected chi connectivity index (χ3v) is 3.99. The highest BCUT2D eigenvalue weighted by atomic mass is 16.5. The van der Waals surface area contributed by atoms with Crippen LogP contribution in [0, 0.1) is 5.92 Å². The molecule has 0 spiro atoms. The SMILES string of the molecule is CN=C(NCCCOCC1CCOC1)NCCc1nc(C(C)C)no1. The number of hydrogen-bond donors (Lipinski definition) is 2. The summed E-state index contributed by atoms with van der Waals surface area (Å²) < 4.78 is 16.2. The van der Waals surface area contributed by atoms with E-state index in [4.69, 9.17) is 14.0 Å². The summed E-state index contributed by atoms with van der Waals surface area (Å²) in [5.74, 6) is 3.03. The molecule has 0 bridgehead atoms. The second kappa shape index (κ2) is 11.0. The first-order valence-electron chi connectivity index (χ1n) is 9.11. The van der Waals surface area contributed by atoms with Gasteiger partial charge in [-0.1, -0.05) is 19.0 Å². The summed E-state index contributed by atoms with van der Waals surface area (Å²) in [6, 6.07) is 0. The summed E-state index contributed by atoms with van der Waals surface area (Å²) in [5.41, 5.74) is 0. The number of guanidine groups is 1. The zero-order valence-electron chi connectivity index (χ0n) is 15.6. The largest absolute Gasteiger partial charge is 0.381 e. The second-order valence-corrected chi connectivity index (χ2v) is 6.53. The molecular formula is C17H31N5O3. The maximum atomic E-state index is 5.69. The fraction of sp³-hybridized carbons (Fsp3) is 0.824. The predicted octanol–water partition coefficient (Wildman–Crippen LogP) is 1.34. The minimum absolute atomic E-state index is 0.281. The molecule has 2 rings (SSSR count). The van der Waals surface area contributed by atoms with Crippen LogP contribution in [0.15, 0.2) is 9.52 Å². The molecule has 8 heteroatoms. The monoisotopic (exact) mass is 353 g/mol. The van der Waals surface area contributed by atoms with Crippen LogP contribution in [-0.4, -0.2) is 62.7 Å². The topological polar surface area (TPSA) is 93.8 Å². The lowest BCUT2D eigenvalue weighted by Crippen LogP contribution is -2.39. The lowest BCUT2D eigenvalue weighted by atomic mass is 10.1. The molecule has 0 aliphatic carbocycles. The normalized spacial score (nSPS) is 18.1. The summed E-state index contributed by atoms with van der Waals surface area (Å²) in [5, 5.41) is 10.5. The Kier molecular flexibility index (Phi) is 8.68. The molecule has 1 fully saturated rings. The van der Waals surface area contributed by atoms with Gasteiger partial charge in [-0.15, -0.1) is 0 Å². The number of rotatable bonds is 10. The van der Waals surface area contributed by atoms with Crippen molar-refractivity contribution < 1.29 is 14.0 Å². The first-order chi connectivity index (χ1) is 12.2. The third-order valence-electron chi connectivity index (χ3n) is 3.99. The zero-order chi connectivity index (χ0) is 17.9. The van der Waals surface area contributed by atoms with Crippen molar-refractivity contribution in [2.75, 3.05) is 46.6 Å². The maximum Gasteiger partial charge on any atom is 0.228 e. The second-order valence-electron chi connectivity index (χ2n) is 6.53. The highest BCUT2D eigenvalue weighted by Gasteiger charge is 2.15. The smallest absolute Gasteiger partial charge is 0.228 e. The van der Waals surface area contributed by atoms with E-state index in [2.05, 4.69) is 25.8 Å². The van der Waals surface area contributed by atoms with E-state index in [0.29, 0.717) is 24.8 Å². The van der Waals surface area contributed by atoms with Crippen LogP contribution in [0.25, 0.3) is 0 Å². The Morgan fingerprint density at radius 2 is 2.20 bits per heavy atom. The van der Waals surface area contributed by atoms with Crippen LogP contribution in [0.2, 0.25) is 0 Å². The zero-order valence-corrected chi connectivity index (χ0v) is 15.6. The summed E-state index contributed by atoms with van der Waals surface area (Å²) >= 11 is 0. The van der Waals surface area contributed by atoms with Crippen LogP contribution < -0.4 is 10.6 Å². The molecule has 0 saturated carbocycles. The predicted molar refractivity (Wildman–Crippen MR) is 95.8 cm³/mol. The van der Waals surface area contributed by atoms with Gasteiger partial charge in [0.05, 0.1) is 13.2 Å². The van der Waals surface area contributed by atoms with Crippen LogP contribution in [0.5, 0.6) is 0 Å². The number of nitrogens with one attached hydrogen (secondary N) is 2. The van der Waals surface area contributed by atoms with Crippen molar-refractivity contribution in [3.63, 3.8) is 0 Å². The molecule has 0 radical (unpaired) electrons. The molecule has 142 valence electrons. The van der Waals surface area contributed by atoms with Gasteiger partial charge < -0.3 is 24.6 Å². The van der Waals surface area contributed by atoms with Crippen LogP contribution in [-0.2, 0) is 15.9 Å². The van der Waals surface area contributed by atoms with Gasteiger partial charge in [0.15, 0.2) is 11.8 Å². The lowest BCUT2D eigenvalue weighted by Gasteiger charge is -2.12. The molecule has 1 atom stereocenters. The molecule has 1 aliphatic rings. The maximum absolute atomic E-state index is 5.69. The van der Waals surface area contributed by atoms with Crippen molar-refractivity contribution in [1.82, 2.24) is 20.8 Å². The number of ether oxygens (including phenoxy) is 2. The van der Waals surface area contributed by atoms with Crippen LogP contribution in [0.1, 0.15) is 44.3 Å². The van der Waals surface area contributed by atoms with Crippen molar-refractivity contribution in [2.24, 2.45) is 10.9 Å². The van der Waals surface area contributed by atoms with E-state index in [1.807, 2.05) is 13.8 Å². The molecule has 0 aromatic carbocycles. The van der Waals surface area contributed by atoms with Gasteiger partial charge in [-0.25, -0.2) is 0 Å². The van der Waals surface area contributed by atoms with Crippen LogP contribution >= 0.6 is 0 Å². The van der Waals surface area contributed by atoms with Crippen molar-refractivity contribution in [2.45, 2.75) is 39.0 Å². The van der Waals surface area contributed by atoms with Crippen LogP contribution in [0.4, 0.5) is 0 Å². The fourth-order valence-corrected chi connectivity index (χ4v) is 2.46. The van der Waals surface area contributed by atoms with Gasteiger partial charge in [0.25, 0.3) is 0 Å². The van der Waals surface area contributed by atoms with Gasteiger partial charge in [-0.05, 0) is 12.8 Å². The summed E-state index contributed by atoms with van der Waals surface area (Å²) in [6.07, 6.45) is 2.73. The molecule has 1 aromatic rings. The number of aromatic nitrogens is 2. The van der Waals surface area contributed by atoms with E-state index in [1.54, 1.807) is 7.05 Å². The molecule has 1 aliphatic heterocycles. The lowest BCUT2D eigenvalue weighted by molar-refractivity contribution is 0.0888. The Hall–Kier alpha value is -1.67. The van der Waals surface area contributed by atoms with Crippen molar-refractivity contribution >= 4 is 5.96 Å². The fourth-order valence-electron chi connectivity index (χ4n) is 2.46. The van der Waals surface area contributed by atoms with Crippen molar-refractivity contribution in [3.8, 4) is 0 Å². The Labute approximate surface area is 149 Å². The van der Waals surface area contributed by atoms with Gasteiger partial charge in [0.2, 0.25) is 5.89 Å². The van der Waals surface area contributed by atoms with Gasteiger partial charge >= 0.3 is 0 Å². The van der Waals surface area contributed by atoms with Gasteiger partial charge in [0, 0.05) is 51.6 Å². The van der Waals surface area contributed by atoms with E-state index in [-0.39, 0.29) is 5.92 Å². The average Bonchev–Trinajstić information content (AvgIpc) is 3.28. The Morgan fingerprint density at radius 3 is 2.88 bits per heavy atom. The molecular weight excluding hydrogens is 322 g/mol. The van der Waals surface area contributed by atoms with E-state index in [9.17, 15) is 0 Å². The standard InChI is InChI=1S/C17H31N5O3/c1-13(2)16-21-15(25-22-16)5-8-20-17(18-3)19-7-4-9-23-11-14-6-10-24-12-14/h13-14H,4-12H2,1-3H3,(H2,18,19,20). The minimum Gasteiger partial charge on any atom is -0.381 e. The van der Waals surface area contributed by atoms with Gasteiger partial charge in [-0.2, -0.15) is 4.98 Å². The van der Waals surface area contributed by atoms with E-state index in [0.717, 1.165) is 57.6 Å². The summed E-state index contributed by atoms with van der Waals surface area (Å²) in [6.45, 7) is 8.87. The molecule has 0 amide bonds. The Morgan fingerprint density at radius 1 is 1.36 bits per heavy atom. The highest BCUT2D eigenvalue weighted by Crippen LogP contribution is 2.12. The van der Waals surface area contributed by atoms with Gasteiger partial charge in [0.1, 0.15) is 0 Å². The molecule has 1 saturated heterocycles.